The minimum atomic E-state index is 0.130. The molecule has 0 saturated heterocycles. The van der Waals surface area contributed by atoms with E-state index in [2.05, 4.69) is 11.9 Å². The van der Waals surface area contributed by atoms with Gasteiger partial charge in [0.25, 0.3) is 0 Å². The summed E-state index contributed by atoms with van der Waals surface area (Å²) in [5.74, 6) is 1.15. The van der Waals surface area contributed by atoms with Crippen LogP contribution < -0.4 is 0 Å². The first-order valence-corrected chi connectivity index (χ1v) is 5.26. The van der Waals surface area contributed by atoms with E-state index in [1.807, 2.05) is 24.0 Å². The highest BCUT2D eigenvalue weighted by Gasteiger charge is 1.97. The molecule has 0 fully saturated rings. The van der Waals surface area contributed by atoms with Gasteiger partial charge in [0, 0.05) is 6.20 Å². The number of aliphatic hydroxyl groups excluding tert-OH is 1. The monoisotopic (exact) mass is 185 g/mol. The van der Waals surface area contributed by atoms with E-state index in [1.165, 1.54) is 12.8 Å². The summed E-state index contributed by atoms with van der Waals surface area (Å²) in [5.41, 5.74) is 0.967. The molecular formula is C9H15NOS. The van der Waals surface area contributed by atoms with Gasteiger partial charge < -0.3 is 10.1 Å². The van der Waals surface area contributed by atoms with Crippen LogP contribution in [0.15, 0.2) is 17.3 Å². The number of unbranched alkanes of at least 4 members (excludes halogenated alkanes) is 1. The van der Waals surface area contributed by atoms with Gasteiger partial charge in [-0.25, -0.2) is 0 Å². The van der Waals surface area contributed by atoms with Crippen molar-refractivity contribution >= 4 is 11.8 Å². The van der Waals surface area contributed by atoms with Crippen LogP contribution in [0.4, 0.5) is 0 Å². The molecule has 12 heavy (non-hydrogen) atoms. The minimum Gasteiger partial charge on any atom is -0.392 e. The van der Waals surface area contributed by atoms with Gasteiger partial charge in [-0.15, -0.1) is 11.8 Å². The highest BCUT2D eigenvalue weighted by molar-refractivity contribution is 7.99. The van der Waals surface area contributed by atoms with Gasteiger partial charge in [-0.05, 0) is 23.8 Å². The fraction of sp³-hybridized carbons (Fsp3) is 0.556. The molecule has 0 spiro atoms. The number of H-pyrrole nitrogens is 1. The van der Waals surface area contributed by atoms with Crippen molar-refractivity contribution in [3.8, 4) is 0 Å². The standard InChI is InChI=1S/C9H15NOS/c1-2-3-4-12-9-5-8(7-11)6-10-9/h5-6,10-11H,2-4,7H2,1H3. The van der Waals surface area contributed by atoms with Crippen LogP contribution >= 0.6 is 11.8 Å². The predicted molar refractivity (Wildman–Crippen MR) is 52.3 cm³/mol. The van der Waals surface area contributed by atoms with Crippen molar-refractivity contribution in [2.75, 3.05) is 5.75 Å². The topological polar surface area (TPSA) is 36.0 Å². The molecule has 0 atom stereocenters. The number of thioether (sulfide) groups is 1. The lowest BCUT2D eigenvalue weighted by Gasteiger charge is -1.94. The highest BCUT2D eigenvalue weighted by atomic mass is 32.2. The first-order valence-electron chi connectivity index (χ1n) is 4.27. The van der Waals surface area contributed by atoms with E-state index in [0.717, 1.165) is 16.3 Å². The number of rotatable bonds is 5. The zero-order valence-corrected chi connectivity index (χ0v) is 8.16. The number of aromatic nitrogens is 1. The summed E-state index contributed by atoms with van der Waals surface area (Å²) in [7, 11) is 0. The number of aliphatic hydroxyl groups is 1. The normalized spacial score (nSPS) is 10.5. The Morgan fingerprint density at radius 3 is 3.00 bits per heavy atom. The smallest absolute Gasteiger partial charge is 0.0725 e. The Bertz CT molecular complexity index is 222. The Kier molecular flexibility index (Phi) is 4.25. The maximum absolute atomic E-state index is 8.79. The highest BCUT2D eigenvalue weighted by Crippen LogP contribution is 2.18. The number of hydrogen-bond donors (Lipinski definition) is 2. The molecule has 0 aromatic carbocycles. The maximum Gasteiger partial charge on any atom is 0.0725 e. The molecule has 2 N–H and O–H groups in total. The molecule has 0 unspecified atom stereocenters. The lowest BCUT2D eigenvalue weighted by molar-refractivity contribution is 0.282. The van der Waals surface area contributed by atoms with Gasteiger partial charge in [-0.2, -0.15) is 0 Å². The maximum atomic E-state index is 8.79. The van der Waals surface area contributed by atoms with Crippen LogP contribution in [0.1, 0.15) is 25.3 Å². The molecule has 0 radical (unpaired) electrons. The molecule has 0 aliphatic carbocycles. The quantitative estimate of drug-likeness (QED) is 0.546. The van der Waals surface area contributed by atoms with E-state index in [4.69, 9.17) is 5.11 Å². The van der Waals surface area contributed by atoms with E-state index in [-0.39, 0.29) is 6.61 Å². The van der Waals surface area contributed by atoms with Gasteiger partial charge in [0.1, 0.15) is 0 Å². The lowest BCUT2D eigenvalue weighted by Crippen LogP contribution is -1.77. The third-order valence-electron chi connectivity index (χ3n) is 1.65. The van der Waals surface area contributed by atoms with Crippen molar-refractivity contribution in [1.82, 2.24) is 4.98 Å². The molecule has 0 amide bonds. The van der Waals surface area contributed by atoms with Gasteiger partial charge >= 0.3 is 0 Å². The molecule has 1 aromatic rings. The summed E-state index contributed by atoms with van der Waals surface area (Å²) < 4.78 is 0. The summed E-state index contributed by atoms with van der Waals surface area (Å²) in [6.07, 6.45) is 4.34. The number of nitrogens with one attached hydrogen (secondary N) is 1. The van der Waals surface area contributed by atoms with E-state index >= 15 is 0 Å². The third-order valence-corrected chi connectivity index (χ3v) is 2.69. The molecule has 1 rings (SSSR count). The fourth-order valence-electron chi connectivity index (χ4n) is 0.917. The van der Waals surface area contributed by atoms with Gasteiger partial charge in [0.05, 0.1) is 11.6 Å². The number of aromatic amines is 1. The van der Waals surface area contributed by atoms with Crippen molar-refractivity contribution in [2.45, 2.75) is 31.4 Å². The van der Waals surface area contributed by atoms with Crippen LogP contribution in [-0.4, -0.2) is 15.8 Å². The summed E-state index contributed by atoms with van der Waals surface area (Å²) in [6, 6.07) is 2.00. The van der Waals surface area contributed by atoms with Crippen LogP contribution in [0, 0.1) is 0 Å². The lowest BCUT2D eigenvalue weighted by atomic mass is 10.4. The Hall–Kier alpha value is -0.410. The second kappa shape index (κ2) is 5.27. The average Bonchev–Trinajstić information content (AvgIpc) is 2.53. The molecule has 2 nitrogen and oxygen atoms in total. The first-order chi connectivity index (χ1) is 5.86. The van der Waals surface area contributed by atoms with Gasteiger partial charge in [-0.3, -0.25) is 0 Å². The van der Waals surface area contributed by atoms with Crippen LogP contribution in [0.3, 0.4) is 0 Å². The molecule has 0 saturated carbocycles. The van der Waals surface area contributed by atoms with Crippen molar-refractivity contribution in [1.29, 1.82) is 0 Å². The van der Waals surface area contributed by atoms with E-state index in [9.17, 15) is 0 Å². The molecule has 0 bridgehead atoms. The zero-order valence-electron chi connectivity index (χ0n) is 7.34. The van der Waals surface area contributed by atoms with Crippen LogP contribution in [0.25, 0.3) is 0 Å². The van der Waals surface area contributed by atoms with Gasteiger partial charge in [-0.1, -0.05) is 13.3 Å². The summed E-state index contributed by atoms with van der Waals surface area (Å²) in [5, 5.41) is 9.95. The molecule has 68 valence electrons. The molecular weight excluding hydrogens is 170 g/mol. The van der Waals surface area contributed by atoms with Crippen LogP contribution in [0.5, 0.6) is 0 Å². The first kappa shape index (κ1) is 9.68. The summed E-state index contributed by atoms with van der Waals surface area (Å²) in [4.78, 5) is 3.12. The summed E-state index contributed by atoms with van der Waals surface area (Å²) >= 11 is 1.81. The Balaban J connectivity index is 2.31. The third kappa shape index (κ3) is 2.91. The molecule has 1 heterocycles. The Labute approximate surface area is 77.4 Å². The Morgan fingerprint density at radius 1 is 1.58 bits per heavy atom. The second-order valence-corrected chi connectivity index (χ2v) is 3.87. The van der Waals surface area contributed by atoms with Crippen LogP contribution in [0.2, 0.25) is 0 Å². The predicted octanol–water partition coefficient (Wildman–Crippen LogP) is 2.40. The Morgan fingerprint density at radius 2 is 2.42 bits per heavy atom. The van der Waals surface area contributed by atoms with E-state index < -0.39 is 0 Å². The minimum absolute atomic E-state index is 0.130. The molecule has 1 aromatic heterocycles. The average molecular weight is 185 g/mol. The molecule has 0 aliphatic heterocycles. The van der Waals surface area contributed by atoms with E-state index in [1.54, 1.807) is 0 Å². The summed E-state index contributed by atoms with van der Waals surface area (Å²) in [6.45, 7) is 2.32. The van der Waals surface area contributed by atoms with E-state index in [0.29, 0.717) is 0 Å². The van der Waals surface area contributed by atoms with Crippen molar-refractivity contribution in [3.63, 3.8) is 0 Å². The van der Waals surface area contributed by atoms with Gasteiger partial charge in [0.2, 0.25) is 0 Å². The number of hydrogen-bond acceptors (Lipinski definition) is 2. The molecule has 0 aliphatic rings. The zero-order chi connectivity index (χ0) is 8.81. The SMILES string of the molecule is CCCCSc1cc(CO)c[nH]1. The van der Waals surface area contributed by atoms with Crippen molar-refractivity contribution in [2.24, 2.45) is 0 Å². The van der Waals surface area contributed by atoms with Crippen molar-refractivity contribution in [3.05, 3.63) is 17.8 Å². The van der Waals surface area contributed by atoms with Crippen molar-refractivity contribution < 1.29 is 5.11 Å². The van der Waals surface area contributed by atoms with Gasteiger partial charge in [0.15, 0.2) is 0 Å². The fourth-order valence-corrected chi connectivity index (χ4v) is 1.95. The van der Waals surface area contributed by atoms with Crippen LogP contribution in [-0.2, 0) is 6.61 Å². The molecule has 3 heteroatoms. The second-order valence-electron chi connectivity index (χ2n) is 2.73. The largest absolute Gasteiger partial charge is 0.392 e.